The van der Waals surface area contributed by atoms with Gasteiger partial charge < -0.3 is 9.88 Å². The van der Waals surface area contributed by atoms with Gasteiger partial charge in [-0.2, -0.15) is 0 Å². The quantitative estimate of drug-likeness (QED) is 0.670. The van der Waals surface area contributed by atoms with Gasteiger partial charge in [0.05, 0.1) is 10.3 Å². The van der Waals surface area contributed by atoms with E-state index in [1.165, 1.54) is 30.0 Å². The van der Waals surface area contributed by atoms with E-state index in [9.17, 15) is 9.18 Å². The third-order valence-electron chi connectivity index (χ3n) is 3.59. The highest BCUT2D eigenvalue weighted by Gasteiger charge is 2.20. The first-order valence-electron chi connectivity index (χ1n) is 7.68. The number of aromatic nitrogens is 4. The Morgan fingerprint density at radius 1 is 1.35 bits per heavy atom. The first kappa shape index (κ1) is 18.3. The van der Waals surface area contributed by atoms with Crippen LogP contribution in [-0.4, -0.2) is 30.9 Å². The summed E-state index contributed by atoms with van der Waals surface area (Å²) in [6, 6.07) is 7.74. The maximum atomic E-state index is 13.2. The molecule has 0 bridgehead atoms. The second-order valence-electron chi connectivity index (χ2n) is 5.49. The van der Waals surface area contributed by atoms with Crippen molar-refractivity contribution < 1.29 is 9.18 Å². The number of rotatable bonds is 5. The zero-order valence-corrected chi connectivity index (χ0v) is 15.6. The van der Waals surface area contributed by atoms with Crippen molar-refractivity contribution in [1.29, 1.82) is 0 Å². The number of anilines is 1. The molecule has 2 heterocycles. The van der Waals surface area contributed by atoms with Gasteiger partial charge in [-0.3, -0.25) is 9.78 Å². The summed E-state index contributed by atoms with van der Waals surface area (Å²) >= 11 is 7.00. The van der Waals surface area contributed by atoms with Crippen LogP contribution >= 0.6 is 23.4 Å². The van der Waals surface area contributed by atoms with Gasteiger partial charge in [0.1, 0.15) is 5.82 Å². The number of thioether (sulfide) groups is 1. The van der Waals surface area contributed by atoms with E-state index in [2.05, 4.69) is 20.5 Å². The fourth-order valence-corrected chi connectivity index (χ4v) is 3.19. The van der Waals surface area contributed by atoms with E-state index < -0.39 is 11.1 Å². The second-order valence-corrected chi connectivity index (χ2v) is 7.20. The third kappa shape index (κ3) is 4.03. The fourth-order valence-electron chi connectivity index (χ4n) is 2.19. The number of hydrogen-bond acceptors (Lipinski definition) is 5. The first-order chi connectivity index (χ1) is 12.5. The zero-order chi connectivity index (χ0) is 18.7. The summed E-state index contributed by atoms with van der Waals surface area (Å²) < 4.78 is 15.0. The Kier molecular flexibility index (Phi) is 5.53. The van der Waals surface area contributed by atoms with E-state index in [1.54, 1.807) is 23.9 Å². The Bertz CT molecular complexity index is 934. The number of nitrogens with zero attached hydrogens (tertiary/aromatic N) is 4. The minimum absolute atomic E-state index is 0.0440. The van der Waals surface area contributed by atoms with Crippen molar-refractivity contribution in [2.24, 2.45) is 7.05 Å². The molecule has 6 nitrogen and oxygen atoms in total. The highest BCUT2D eigenvalue weighted by atomic mass is 35.5. The van der Waals surface area contributed by atoms with Crippen LogP contribution in [-0.2, 0) is 11.8 Å². The van der Waals surface area contributed by atoms with Gasteiger partial charge in [0.15, 0.2) is 11.0 Å². The van der Waals surface area contributed by atoms with Crippen molar-refractivity contribution in [3.8, 4) is 11.4 Å². The van der Waals surface area contributed by atoms with Crippen LogP contribution in [0.5, 0.6) is 0 Å². The van der Waals surface area contributed by atoms with Crippen LogP contribution in [0, 0.1) is 5.82 Å². The molecule has 9 heteroatoms. The molecule has 0 unspecified atom stereocenters. The number of nitrogens with one attached hydrogen (secondary N) is 1. The Morgan fingerprint density at radius 3 is 2.85 bits per heavy atom. The number of hydrogen-bond donors (Lipinski definition) is 1. The smallest absolute Gasteiger partial charge is 0.237 e. The number of pyridine rings is 1. The third-order valence-corrected chi connectivity index (χ3v) is 5.02. The average Bonchev–Trinajstić information content (AvgIpc) is 2.99. The highest BCUT2D eigenvalue weighted by Crippen LogP contribution is 2.26. The molecule has 1 aromatic carbocycles. The van der Waals surface area contributed by atoms with Crippen molar-refractivity contribution in [3.05, 3.63) is 53.6 Å². The summed E-state index contributed by atoms with van der Waals surface area (Å²) in [6.07, 6.45) is 3.39. The van der Waals surface area contributed by atoms with Gasteiger partial charge in [0.25, 0.3) is 0 Å². The van der Waals surface area contributed by atoms with E-state index in [0.717, 1.165) is 5.56 Å². The molecule has 2 aromatic heterocycles. The van der Waals surface area contributed by atoms with Crippen LogP contribution in [0.1, 0.15) is 6.92 Å². The molecule has 0 radical (unpaired) electrons. The molecule has 0 saturated carbocycles. The van der Waals surface area contributed by atoms with E-state index in [0.29, 0.717) is 16.7 Å². The summed E-state index contributed by atoms with van der Waals surface area (Å²) in [5.74, 6) is -0.115. The summed E-state index contributed by atoms with van der Waals surface area (Å²) in [7, 11) is 1.83. The van der Waals surface area contributed by atoms with Crippen molar-refractivity contribution in [2.45, 2.75) is 17.3 Å². The Balaban J connectivity index is 1.69. The molecule has 1 N–H and O–H groups in total. The number of benzene rings is 1. The molecular weight excluding hydrogens is 377 g/mol. The average molecular weight is 392 g/mol. The molecule has 1 amide bonds. The standard InChI is InChI=1S/C17H15ClFN5OS/c1-10(16(25)21-12-5-6-14(19)13(18)8-12)26-17-23-22-15(24(17)2)11-4-3-7-20-9-11/h3-10H,1-2H3,(H,21,25)/t10-/m0/s1. The molecule has 3 rings (SSSR count). The van der Waals surface area contributed by atoms with Crippen molar-refractivity contribution in [2.75, 3.05) is 5.32 Å². The molecule has 0 saturated heterocycles. The van der Waals surface area contributed by atoms with Crippen LogP contribution in [0.25, 0.3) is 11.4 Å². The zero-order valence-electron chi connectivity index (χ0n) is 14.0. The van der Waals surface area contributed by atoms with Crippen molar-refractivity contribution >= 4 is 35.0 Å². The molecule has 0 aliphatic carbocycles. The highest BCUT2D eigenvalue weighted by molar-refractivity contribution is 8.00. The minimum Gasteiger partial charge on any atom is -0.325 e. The molecule has 0 spiro atoms. The predicted molar refractivity (Wildman–Crippen MR) is 99.6 cm³/mol. The van der Waals surface area contributed by atoms with Crippen LogP contribution < -0.4 is 5.32 Å². The van der Waals surface area contributed by atoms with Crippen LogP contribution in [0.4, 0.5) is 10.1 Å². The van der Waals surface area contributed by atoms with E-state index in [1.807, 2.05) is 19.2 Å². The van der Waals surface area contributed by atoms with Gasteiger partial charge in [-0.05, 0) is 37.3 Å². The molecule has 0 aliphatic rings. The molecule has 0 fully saturated rings. The lowest BCUT2D eigenvalue weighted by Gasteiger charge is -2.12. The fraction of sp³-hybridized carbons (Fsp3) is 0.176. The van der Waals surface area contributed by atoms with Gasteiger partial charge in [-0.15, -0.1) is 10.2 Å². The van der Waals surface area contributed by atoms with Crippen LogP contribution in [0.2, 0.25) is 5.02 Å². The summed E-state index contributed by atoms with van der Waals surface area (Å²) in [6.45, 7) is 1.75. The van der Waals surface area contributed by atoms with Gasteiger partial charge in [0.2, 0.25) is 5.91 Å². The number of carbonyl (C=O) groups excluding carboxylic acids is 1. The second kappa shape index (κ2) is 7.84. The van der Waals surface area contributed by atoms with Gasteiger partial charge in [-0.25, -0.2) is 4.39 Å². The van der Waals surface area contributed by atoms with Gasteiger partial charge >= 0.3 is 0 Å². The predicted octanol–water partition coefficient (Wildman–Crippen LogP) is 3.79. The van der Waals surface area contributed by atoms with Gasteiger partial charge in [0, 0.05) is 30.7 Å². The van der Waals surface area contributed by atoms with Gasteiger partial charge in [-0.1, -0.05) is 23.4 Å². The number of carbonyl (C=O) groups is 1. The van der Waals surface area contributed by atoms with E-state index in [-0.39, 0.29) is 10.9 Å². The summed E-state index contributed by atoms with van der Waals surface area (Å²) in [5.41, 5.74) is 1.27. The Labute approximate surface area is 158 Å². The van der Waals surface area contributed by atoms with E-state index in [4.69, 9.17) is 11.6 Å². The Morgan fingerprint density at radius 2 is 2.15 bits per heavy atom. The lowest BCUT2D eigenvalue weighted by Crippen LogP contribution is -2.22. The Hall–Kier alpha value is -2.45. The normalized spacial score (nSPS) is 12.0. The molecule has 26 heavy (non-hydrogen) atoms. The monoisotopic (exact) mass is 391 g/mol. The van der Waals surface area contributed by atoms with Crippen LogP contribution in [0.3, 0.4) is 0 Å². The molecule has 0 aliphatic heterocycles. The van der Waals surface area contributed by atoms with Crippen molar-refractivity contribution in [1.82, 2.24) is 19.7 Å². The maximum Gasteiger partial charge on any atom is 0.237 e. The molecule has 134 valence electrons. The SMILES string of the molecule is C[C@H](Sc1nnc(-c2cccnc2)n1C)C(=O)Nc1ccc(F)c(Cl)c1. The van der Waals surface area contributed by atoms with E-state index >= 15 is 0 Å². The number of amides is 1. The van der Waals surface area contributed by atoms with Crippen LogP contribution in [0.15, 0.2) is 47.9 Å². The van der Waals surface area contributed by atoms with Crippen molar-refractivity contribution in [3.63, 3.8) is 0 Å². The lowest BCUT2D eigenvalue weighted by atomic mass is 10.3. The minimum atomic E-state index is -0.533. The molecule has 3 aromatic rings. The summed E-state index contributed by atoms with van der Waals surface area (Å²) in [4.78, 5) is 16.4. The summed E-state index contributed by atoms with van der Waals surface area (Å²) in [5, 5.41) is 11.1. The number of halogens is 2. The molecular formula is C17H15ClFN5OS. The molecule has 1 atom stereocenters. The topological polar surface area (TPSA) is 72.7 Å². The first-order valence-corrected chi connectivity index (χ1v) is 8.94. The largest absolute Gasteiger partial charge is 0.325 e. The lowest BCUT2D eigenvalue weighted by molar-refractivity contribution is -0.115. The maximum absolute atomic E-state index is 13.2.